The fourth-order valence-electron chi connectivity index (χ4n) is 1.19. The maximum absolute atomic E-state index is 13.2. The summed E-state index contributed by atoms with van der Waals surface area (Å²) in [4.78, 5) is 15.3. The molecule has 0 atom stereocenters. The van der Waals surface area contributed by atoms with Gasteiger partial charge in [0.2, 0.25) is 5.95 Å². The Morgan fingerprint density at radius 3 is 2.44 bits per heavy atom. The normalized spacial score (nSPS) is 10.1. The number of carbonyl (C=O) groups is 1. The summed E-state index contributed by atoms with van der Waals surface area (Å²) < 4.78 is 26.3. The minimum atomic E-state index is -1.01. The first kappa shape index (κ1) is 11.8. The fourth-order valence-corrected chi connectivity index (χ4v) is 1.19. The van der Waals surface area contributed by atoms with E-state index in [1.807, 2.05) is 0 Å². The lowest BCUT2D eigenvalue weighted by Crippen LogP contribution is -2.15. The molecular weight excluding hydrogens is 244 g/mol. The summed E-state index contributed by atoms with van der Waals surface area (Å²) in [6.07, 6.45) is 2.63. The number of nitrogens with one attached hydrogen (secondary N) is 1. The molecule has 0 aliphatic heterocycles. The number of nitrogens with zero attached hydrogens (tertiary/aromatic N) is 3. The molecule has 0 saturated carbocycles. The van der Waals surface area contributed by atoms with Crippen LogP contribution in [0.2, 0.25) is 0 Å². The number of aromatic nitrogens is 3. The van der Waals surface area contributed by atoms with Gasteiger partial charge >= 0.3 is 0 Å². The van der Waals surface area contributed by atoms with Crippen LogP contribution in [-0.2, 0) is 0 Å². The molecule has 1 heterocycles. The molecule has 0 saturated heterocycles. The van der Waals surface area contributed by atoms with E-state index in [1.54, 1.807) is 0 Å². The lowest BCUT2D eigenvalue weighted by Gasteiger charge is -2.04. The van der Waals surface area contributed by atoms with Gasteiger partial charge in [0.15, 0.2) is 0 Å². The molecule has 0 spiro atoms. The average molecular weight is 251 g/mol. The topological polar surface area (TPSA) is 93.8 Å². The van der Waals surface area contributed by atoms with Crippen molar-refractivity contribution in [2.45, 2.75) is 0 Å². The van der Waals surface area contributed by atoms with Crippen molar-refractivity contribution in [3.63, 3.8) is 0 Å². The van der Waals surface area contributed by atoms with Gasteiger partial charge in [0.25, 0.3) is 5.91 Å². The number of benzene rings is 1. The SMILES string of the molecule is Nc1c(F)cc(C(=O)Nc2nccnn2)cc1F. The summed E-state index contributed by atoms with van der Waals surface area (Å²) in [6.45, 7) is 0. The number of rotatable bonds is 2. The van der Waals surface area contributed by atoms with Crippen molar-refractivity contribution in [2.24, 2.45) is 0 Å². The van der Waals surface area contributed by atoms with Crippen molar-refractivity contribution in [3.8, 4) is 0 Å². The Balaban J connectivity index is 2.25. The highest BCUT2D eigenvalue weighted by molar-refractivity contribution is 6.03. The third-order valence-electron chi connectivity index (χ3n) is 2.05. The number of nitrogens with two attached hydrogens (primary N) is 1. The van der Waals surface area contributed by atoms with Crippen LogP contribution in [0.25, 0.3) is 0 Å². The Labute approximate surface area is 99.9 Å². The number of carbonyl (C=O) groups excluding carboxylic acids is 1. The molecule has 0 aliphatic carbocycles. The number of amides is 1. The number of hydrogen-bond donors (Lipinski definition) is 2. The molecule has 1 aromatic heterocycles. The molecule has 92 valence electrons. The van der Waals surface area contributed by atoms with E-state index in [2.05, 4.69) is 20.5 Å². The Kier molecular flexibility index (Phi) is 3.09. The van der Waals surface area contributed by atoms with Crippen LogP contribution >= 0.6 is 0 Å². The molecular formula is C10H7F2N5O. The zero-order valence-corrected chi connectivity index (χ0v) is 8.89. The molecule has 2 aromatic rings. The van der Waals surface area contributed by atoms with E-state index in [0.717, 1.165) is 12.1 Å². The van der Waals surface area contributed by atoms with Crippen LogP contribution in [0.3, 0.4) is 0 Å². The van der Waals surface area contributed by atoms with Gasteiger partial charge in [-0.25, -0.2) is 13.8 Å². The minimum Gasteiger partial charge on any atom is -0.394 e. The van der Waals surface area contributed by atoms with Gasteiger partial charge in [0.1, 0.15) is 17.3 Å². The number of hydrogen-bond acceptors (Lipinski definition) is 5. The van der Waals surface area contributed by atoms with E-state index in [4.69, 9.17) is 5.73 Å². The molecule has 6 nitrogen and oxygen atoms in total. The number of halogens is 2. The summed E-state index contributed by atoms with van der Waals surface area (Å²) in [5.41, 5.74) is 4.22. The largest absolute Gasteiger partial charge is 0.394 e. The monoisotopic (exact) mass is 251 g/mol. The maximum Gasteiger partial charge on any atom is 0.258 e. The van der Waals surface area contributed by atoms with E-state index in [9.17, 15) is 13.6 Å². The highest BCUT2D eigenvalue weighted by atomic mass is 19.1. The molecule has 0 radical (unpaired) electrons. The second-order valence-electron chi connectivity index (χ2n) is 3.27. The van der Waals surface area contributed by atoms with Crippen LogP contribution in [-0.4, -0.2) is 21.1 Å². The van der Waals surface area contributed by atoms with E-state index < -0.39 is 23.2 Å². The van der Waals surface area contributed by atoms with E-state index in [0.29, 0.717) is 0 Å². The lowest BCUT2D eigenvalue weighted by molar-refractivity contribution is 0.102. The molecule has 0 bridgehead atoms. The molecule has 2 rings (SSSR count). The summed E-state index contributed by atoms with van der Waals surface area (Å²) in [5.74, 6) is -2.85. The molecule has 8 heteroatoms. The van der Waals surface area contributed by atoms with Gasteiger partial charge in [-0.05, 0) is 12.1 Å². The standard InChI is InChI=1S/C10H7F2N5O/c11-6-3-5(4-7(12)8(6)13)9(18)16-10-14-1-2-15-17-10/h1-4H,13H2,(H,14,16,17,18). The van der Waals surface area contributed by atoms with Gasteiger partial charge < -0.3 is 5.73 Å². The van der Waals surface area contributed by atoms with Gasteiger partial charge in [-0.3, -0.25) is 10.1 Å². The summed E-state index contributed by atoms with van der Waals surface area (Å²) >= 11 is 0. The maximum atomic E-state index is 13.2. The van der Waals surface area contributed by atoms with Crippen LogP contribution in [0, 0.1) is 11.6 Å². The lowest BCUT2D eigenvalue weighted by atomic mass is 10.2. The predicted octanol–water partition coefficient (Wildman–Crippen LogP) is 0.984. The van der Waals surface area contributed by atoms with Crippen LogP contribution in [0.1, 0.15) is 10.4 Å². The second kappa shape index (κ2) is 4.70. The molecule has 18 heavy (non-hydrogen) atoms. The van der Waals surface area contributed by atoms with E-state index in [1.165, 1.54) is 12.4 Å². The van der Waals surface area contributed by atoms with Crippen molar-refractivity contribution in [3.05, 3.63) is 41.7 Å². The summed E-state index contributed by atoms with van der Waals surface area (Å²) in [5, 5.41) is 9.22. The minimum absolute atomic E-state index is 0.0693. The zero-order valence-electron chi connectivity index (χ0n) is 8.89. The second-order valence-corrected chi connectivity index (χ2v) is 3.27. The first-order valence-corrected chi connectivity index (χ1v) is 4.77. The quantitative estimate of drug-likeness (QED) is 0.776. The van der Waals surface area contributed by atoms with Gasteiger partial charge in [-0.2, -0.15) is 5.10 Å². The number of anilines is 2. The average Bonchev–Trinajstić information content (AvgIpc) is 2.36. The first-order valence-electron chi connectivity index (χ1n) is 4.77. The van der Waals surface area contributed by atoms with Crippen molar-refractivity contribution in [1.29, 1.82) is 0 Å². The fraction of sp³-hybridized carbons (Fsp3) is 0. The molecule has 0 aliphatic rings. The third kappa shape index (κ3) is 2.37. The zero-order chi connectivity index (χ0) is 13.1. The smallest absolute Gasteiger partial charge is 0.258 e. The van der Waals surface area contributed by atoms with E-state index in [-0.39, 0.29) is 11.5 Å². The summed E-state index contributed by atoms with van der Waals surface area (Å²) in [6, 6.07) is 1.65. The van der Waals surface area contributed by atoms with Crippen molar-refractivity contribution in [2.75, 3.05) is 11.1 Å². The third-order valence-corrected chi connectivity index (χ3v) is 2.05. The molecule has 1 amide bonds. The summed E-state index contributed by atoms with van der Waals surface area (Å²) in [7, 11) is 0. The van der Waals surface area contributed by atoms with Crippen molar-refractivity contribution in [1.82, 2.24) is 15.2 Å². The number of nitrogen functional groups attached to an aromatic ring is 1. The molecule has 3 N–H and O–H groups in total. The molecule has 1 aromatic carbocycles. The van der Waals surface area contributed by atoms with Crippen LogP contribution in [0.5, 0.6) is 0 Å². The van der Waals surface area contributed by atoms with Crippen LogP contribution in [0.4, 0.5) is 20.4 Å². The first-order chi connectivity index (χ1) is 8.58. The van der Waals surface area contributed by atoms with Gasteiger partial charge in [-0.1, -0.05) is 0 Å². The highest BCUT2D eigenvalue weighted by Crippen LogP contribution is 2.17. The highest BCUT2D eigenvalue weighted by Gasteiger charge is 2.14. The van der Waals surface area contributed by atoms with E-state index >= 15 is 0 Å². The van der Waals surface area contributed by atoms with Crippen LogP contribution in [0.15, 0.2) is 24.5 Å². The van der Waals surface area contributed by atoms with Gasteiger partial charge in [0, 0.05) is 5.56 Å². The van der Waals surface area contributed by atoms with Crippen LogP contribution < -0.4 is 11.1 Å². The Bertz CT molecular complexity index is 567. The van der Waals surface area contributed by atoms with Gasteiger partial charge in [0.05, 0.1) is 12.4 Å². The molecule has 0 unspecified atom stereocenters. The Morgan fingerprint density at radius 1 is 1.22 bits per heavy atom. The van der Waals surface area contributed by atoms with Gasteiger partial charge in [-0.15, -0.1) is 5.10 Å². The van der Waals surface area contributed by atoms with Crippen molar-refractivity contribution >= 4 is 17.5 Å². The molecule has 0 fully saturated rings. The Hall–Kier alpha value is -2.64. The van der Waals surface area contributed by atoms with Crippen molar-refractivity contribution < 1.29 is 13.6 Å². The Morgan fingerprint density at radius 2 is 1.89 bits per heavy atom. The predicted molar refractivity (Wildman–Crippen MR) is 58.6 cm³/mol.